The van der Waals surface area contributed by atoms with Crippen molar-refractivity contribution in [1.82, 2.24) is 39.5 Å². The van der Waals surface area contributed by atoms with Gasteiger partial charge in [-0.25, -0.2) is 35.1 Å². The highest BCUT2D eigenvalue weighted by Gasteiger charge is 2.24. The fraction of sp³-hybridized carbons (Fsp3) is 0.446. The molecule has 0 radical (unpaired) electrons. The lowest BCUT2D eigenvalue weighted by atomic mass is 10.0. The van der Waals surface area contributed by atoms with Crippen molar-refractivity contribution in [2.24, 2.45) is 0 Å². The summed E-state index contributed by atoms with van der Waals surface area (Å²) < 4.78 is 168. The van der Waals surface area contributed by atoms with E-state index in [9.17, 15) is 57.9 Å². The Morgan fingerprint density at radius 2 is 0.734 bits per heavy atom. The number of alkyl halides is 1. The molecule has 8 aromatic rings. The summed E-state index contributed by atoms with van der Waals surface area (Å²) in [6, 6.07) is 9.26. The van der Waals surface area contributed by atoms with E-state index < -0.39 is 56.7 Å². The van der Waals surface area contributed by atoms with Gasteiger partial charge in [-0.1, -0.05) is 37.2 Å². The Kier molecular flexibility index (Phi) is 31.9. The molecule has 0 amide bonds. The number of methoxy groups -OCH3 is 4. The van der Waals surface area contributed by atoms with E-state index in [1.165, 1.54) is 40.6 Å². The molecule has 4 heterocycles. The van der Waals surface area contributed by atoms with Crippen LogP contribution >= 0.6 is 15.9 Å². The number of H-pyrrole nitrogens is 4. The Morgan fingerprint density at radius 3 is 0.947 bits per heavy atom. The van der Waals surface area contributed by atoms with E-state index in [-0.39, 0.29) is 119 Å². The number of hydrogen-bond donors (Lipinski definition) is 5. The first-order chi connectivity index (χ1) is 43.2. The highest BCUT2D eigenvalue weighted by Crippen LogP contribution is 2.32. The molecule has 19 nitrogen and oxygen atoms in total. The summed E-state index contributed by atoms with van der Waals surface area (Å²) in [5.41, 5.74) is 3.07. The van der Waals surface area contributed by atoms with Gasteiger partial charge in [-0.3, -0.25) is 48.3 Å². The molecule has 94 heavy (non-hydrogen) atoms. The molecule has 0 saturated carbocycles. The first-order valence-corrected chi connectivity index (χ1v) is 31.7. The molecule has 0 atom stereocenters. The van der Waals surface area contributed by atoms with Crippen LogP contribution in [0.5, 0.6) is 28.9 Å². The normalized spacial score (nSPS) is 11.0. The summed E-state index contributed by atoms with van der Waals surface area (Å²) in [5.74, 6) is -4.71. The number of nitrogens with zero attached hydrogens (tertiary/aromatic N) is 4. The molecule has 0 saturated heterocycles. The monoisotopic (exact) mass is 1420 g/mol. The average molecular weight is 1420 g/mol. The highest BCUT2D eigenvalue weighted by atomic mass is 79.9. The number of aromatic nitrogens is 8. The van der Waals surface area contributed by atoms with Gasteiger partial charge in [0.25, 0.3) is 26.8 Å². The average Bonchev–Trinajstić information content (AvgIpc) is 1.62. The van der Waals surface area contributed by atoms with Gasteiger partial charge < -0.3 is 28.8 Å². The maximum Gasteiger partial charge on any atom is 0.267 e. The quantitative estimate of drug-likeness (QED) is 0.0325. The van der Waals surface area contributed by atoms with Crippen molar-refractivity contribution in [2.75, 3.05) is 34.7 Å². The zero-order chi connectivity index (χ0) is 70.8. The number of aromatic amines is 4. The van der Waals surface area contributed by atoms with Crippen LogP contribution in [-0.4, -0.2) is 98.1 Å². The van der Waals surface area contributed by atoms with Gasteiger partial charge in [0.15, 0.2) is 0 Å². The van der Waals surface area contributed by atoms with E-state index in [1.807, 2.05) is 67.0 Å². The smallest absolute Gasteiger partial charge is 0.267 e. The van der Waals surface area contributed by atoms with Crippen molar-refractivity contribution in [1.29, 1.82) is 0 Å². The lowest BCUT2D eigenvalue weighted by Gasteiger charge is -2.11. The molecule has 8 rings (SSSR count). The summed E-state index contributed by atoms with van der Waals surface area (Å²) in [5, 5.41) is 14.8. The lowest BCUT2D eigenvalue weighted by Crippen LogP contribution is -2.10. The molecule has 0 aliphatic rings. The van der Waals surface area contributed by atoms with E-state index in [4.69, 9.17) is 28.2 Å². The fourth-order valence-electron chi connectivity index (χ4n) is 9.00. The van der Waals surface area contributed by atoms with Crippen LogP contribution in [0.3, 0.4) is 0 Å². The van der Waals surface area contributed by atoms with E-state index in [2.05, 4.69) is 55.3 Å². The van der Waals surface area contributed by atoms with Crippen LogP contribution in [0.4, 0.5) is 35.1 Å². The number of aryl methyl sites for hydroxylation is 1. The van der Waals surface area contributed by atoms with Crippen LogP contribution in [0.25, 0.3) is 0 Å². The molecule has 5 N–H and O–H groups in total. The zero-order valence-electron chi connectivity index (χ0n) is 55.5. The van der Waals surface area contributed by atoms with Gasteiger partial charge in [0.2, 0.25) is 5.88 Å². The largest absolute Gasteiger partial charge is 0.497 e. The van der Waals surface area contributed by atoms with Crippen molar-refractivity contribution in [3.05, 3.63) is 193 Å². The highest BCUT2D eigenvalue weighted by molar-refractivity contribution is 9.09. The minimum absolute atomic E-state index is 0. The van der Waals surface area contributed by atoms with E-state index in [0.29, 0.717) is 56.3 Å². The van der Waals surface area contributed by atoms with Gasteiger partial charge >= 0.3 is 0 Å². The maximum atomic E-state index is 14.3. The van der Waals surface area contributed by atoms with Gasteiger partial charge in [-0.2, -0.15) is 8.42 Å². The summed E-state index contributed by atoms with van der Waals surface area (Å²) in [6.45, 7) is 26.7. The molecule has 0 fully saturated rings. The van der Waals surface area contributed by atoms with Crippen molar-refractivity contribution in [2.45, 2.75) is 159 Å². The van der Waals surface area contributed by atoms with Crippen molar-refractivity contribution < 1.29 is 71.8 Å². The lowest BCUT2D eigenvalue weighted by molar-refractivity contribution is 0.227. The van der Waals surface area contributed by atoms with Crippen molar-refractivity contribution in [3.8, 4) is 28.9 Å². The maximum absolute atomic E-state index is 14.3. The van der Waals surface area contributed by atoms with Crippen LogP contribution in [0.2, 0.25) is 0 Å². The van der Waals surface area contributed by atoms with Gasteiger partial charge in [-0.05, 0) is 83.1 Å². The van der Waals surface area contributed by atoms with Crippen LogP contribution < -0.4 is 40.4 Å². The van der Waals surface area contributed by atoms with Crippen LogP contribution in [0.1, 0.15) is 162 Å². The number of benzene rings is 4. The number of ether oxygens (including phenoxy) is 5. The van der Waals surface area contributed by atoms with Crippen LogP contribution in [0.15, 0.2) is 62.9 Å². The Labute approximate surface area is 551 Å². The van der Waals surface area contributed by atoms with Gasteiger partial charge in [0.05, 0.1) is 40.8 Å². The number of hydrogen-bond acceptors (Lipinski definition) is 11. The third-order valence-electron chi connectivity index (χ3n) is 13.6. The predicted molar refractivity (Wildman–Crippen MR) is 351 cm³/mol. The topological polar surface area (TPSA) is 243 Å². The molecule has 4 aromatic carbocycles. The van der Waals surface area contributed by atoms with Crippen LogP contribution in [0, 0.1) is 74.2 Å². The molecule has 0 aliphatic heterocycles. The first-order valence-electron chi connectivity index (χ1n) is 28.9. The van der Waals surface area contributed by atoms with Gasteiger partial charge in [-0.15, -0.1) is 5.10 Å². The minimum atomic E-state index is -3.67. The summed E-state index contributed by atoms with van der Waals surface area (Å²) in [7, 11) is 1.71. The second kappa shape index (κ2) is 36.6. The van der Waals surface area contributed by atoms with Crippen molar-refractivity contribution >= 4 is 26.0 Å². The molecule has 4 aromatic heterocycles. The van der Waals surface area contributed by atoms with Crippen molar-refractivity contribution in [3.63, 3.8) is 0 Å². The number of nitrogens with one attached hydrogen (secondary N) is 4. The fourth-order valence-corrected chi connectivity index (χ4v) is 9.00. The molecule has 29 heteroatoms. The molecule has 0 unspecified atom stereocenters. The number of rotatable bonds is 17. The van der Waals surface area contributed by atoms with E-state index in [1.54, 1.807) is 30.1 Å². The van der Waals surface area contributed by atoms with Gasteiger partial charge in [0.1, 0.15) is 69.5 Å². The summed E-state index contributed by atoms with van der Waals surface area (Å²) in [4.78, 5) is 36.0. The second-order valence-corrected chi connectivity index (χ2v) is 25.7. The first kappa shape index (κ1) is 82.0. The molecule has 0 spiro atoms. The molecular formula is C65H87BrF8N8O11S. The summed E-state index contributed by atoms with van der Waals surface area (Å²) in [6.07, 6.45) is 0.413. The second-order valence-electron chi connectivity index (χ2n) is 22.4. The summed E-state index contributed by atoms with van der Waals surface area (Å²) >= 11 is 3.27. The third-order valence-corrected chi connectivity index (χ3v) is 13.6. The molecule has 0 aliphatic carbocycles. The zero-order valence-corrected chi connectivity index (χ0v) is 57.9. The third kappa shape index (κ3) is 23.4. The Morgan fingerprint density at radius 1 is 0.468 bits per heavy atom. The van der Waals surface area contributed by atoms with E-state index in [0.717, 1.165) is 42.1 Å². The SMILES string of the molecule is C.CC(C)Br.COc1cc(F)c(Cc2c(C)[nH][nH]c2=O)c(F)c1.COc1cc(F)c(Cc2c(C)n(C(C)C)[nH]c2=O)c(F)c1.COc1cc(F)c(Cc2c(C)n(C(C)C)[nH]c2=O)c(F)c1.COc1cc(F)c(Cc2c(OC(C)C)nn(C(C)C)c2C)c(F)c1.CS(=O)(=O)O. The van der Waals surface area contributed by atoms with Crippen LogP contribution in [-0.2, 0) is 35.8 Å². The number of halogens is 9. The van der Waals surface area contributed by atoms with Gasteiger partial charge in [0, 0.05) is 164 Å². The standard InChI is InChI=1S/C18H24F2N2O2.2C15H18F2N2O2.C12H12F2N2O2.C3H7Br.CH4O3S.CH4/c1-10(2)22-12(5)14(18(21-22)24-11(3)4)9-15-16(19)7-13(23-6)8-17(15)20;2*1-8(2)19-9(3)11(15(20)18-19)7-12-13(16)5-10(21-4)6-14(12)17;1-6-8(12(17)16-15-6)5-9-10(13)3-7(18-2)4-11(9)14;1-3(2)4;1-5(2,3)4;/h7-8,10-11H,9H2,1-6H3;2*5-6,8H,7H2,1-4H3,(H,18,20);3-4H,5H2,1-2H3,(H2,15,16,17);3H,1-2H3;1H3,(H,2,3,4);1H4. The Hall–Kier alpha value is -8.05. The Balaban J connectivity index is 0.000000408. The Bertz CT molecular complexity index is 3870. The minimum Gasteiger partial charge on any atom is -0.497 e. The molecule has 0 bridgehead atoms. The molecule has 522 valence electrons. The van der Waals surface area contributed by atoms with E-state index >= 15 is 0 Å². The predicted octanol–water partition coefficient (Wildman–Crippen LogP) is 14.1. The molecular weight excluding hydrogens is 1330 g/mol.